The van der Waals surface area contributed by atoms with E-state index in [4.69, 9.17) is 0 Å². The van der Waals surface area contributed by atoms with Gasteiger partial charge in [-0.2, -0.15) is 0 Å². The van der Waals surface area contributed by atoms with E-state index in [9.17, 15) is 4.79 Å². The van der Waals surface area contributed by atoms with E-state index in [0.717, 1.165) is 32.4 Å². The molecule has 1 aliphatic carbocycles. The van der Waals surface area contributed by atoms with Crippen molar-refractivity contribution in [1.29, 1.82) is 0 Å². The molecule has 2 nitrogen and oxygen atoms in total. The van der Waals surface area contributed by atoms with Crippen LogP contribution in [0.2, 0.25) is 0 Å². The minimum absolute atomic E-state index is 0.317. The van der Waals surface area contributed by atoms with Gasteiger partial charge in [-0.05, 0) is 31.7 Å². The summed E-state index contributed by atoms with van der Waals surface area (Å²) in [6.45, 7) is 4.27. The van der Waals surface area contributed by atoms with Gasteiger partial charge in [0.1, 0.15) is 5.78 Å². The van der Waals surface area contributed by atoms with Gasteiger partial charge in [0.25, 0.3) is 0 Å². The first-order chi connectivity index (χ1) is 7.27. The van der Waals surface area contributed by atoms with Crippen LogP contribution in [0.3, 0.4) is 0 Å². The lowest BCUT2D eigenvalue weighted by Gasteiger charge is -2.30. The van der Waals surface area contributed by atoms with Gasteiger partial charge in [-0.3, -0.25) is 4.79 Å². The Labute approximate surface area is 92.8 Å². The van der Waals surface area contributed by atoms with Gasteiger partial charge in [-0.1, -0.05) is 26.2 Å². The second-order valence-corrected chi connectivity index (χ2v) is 5.43. The monoisotopic (exact) mass is 209 g/mol. The van der Waals surface area contributed by atoms with Crippen LogP contribution >= 0.6 is 0 Å². The van der Waals surface area contributed by atoms with Gasteiger partial charge in [-0.15, -0.1) is 0 Å². The molecule has 1 saturated carbocycles. The van der Waals surface area contributed by atoms with E-state index in [0.29, 0.717) is 23.5 Å². The smallest absolute Gasteiger partial charge is 0.140 e. The highest BCUT2D eigenvalue weighted by molar-refractivity contribution is 5.83. The standard InChI is InChI=1S/C13H23NO/c1-10-7-12(9-14-8-10)13(15)11-5-3-2-4-6-11/h10-12,14H,2-9H2,1H3. The molecule has 1 heterocycles. The van der Waals surface area contributed by atoms with Gasteiger partial charge in [0.2, 0.25) is 0 Å². The quantitative estimate of drug-likeness (QED) is 0.756. The first-order valence-corrected chi connectivity index (χ1v) is 6.52. The summed E-state index contributed by atoms with van der Waals surface area (Å²) in [6.07, 6.45) is 7.30. The molecule has 86 valence electrons. The fourth-order valence-corrected chi connectivity index (χ4v) is 3.09. The Bertz CT molecular complexity index is 221. The lowest BCUT2D eigenvalue weighted by Crippen LogP contribution is -2.41. The van der Waals surface area contributed by atoms with Crippen LogP contribution in [0.25, 0.3) is 0 Å². The molecule has 2 fully saturated rings. The highest BCUT2D eigenvalue weighted by Crippen LogP contribution is 2.29. The van der Waals surface area contributed by atoms with Crippen LogP contribution in [0, 0.1) is 17.8 Å². The number of rotatable bonds is 2. The van der Waals surface area contributed by atoms with Gasteiger partial charge in [-0.25, -0.2) is 0 Å². The lowest BCUT2D eigenvalue weighted by atomic mass is 9.78. The number of Topliss-reactive ketones (excluding diaryl/α,β-unsaturated/α-hetero) is 1. The normalized spacial score (nSPS) is 33.9. The Hall–Kier alpha value is -0.370. The summed E-state index contributed by atoms with van der Waals surface area (Å²) in [7, 11) is 0. The number of nitrogens with one attached hydrogen (secondary N) is 1. The molecule has 2 unspecified atom stereocenters. The zero-order chi connectivity index (χ0) is 10.7. The van der Waals surface area contributed by atoms with Crippen molar-refractivity contribution >= 4 is 5.78 Å². The predicted octanol–water partition coefficient (Wildman–Crippen LogP) is 2.38. The summed E-state index contributed by atoms with van der Waals surface area (Å²) in [5, 5.41) is 3.38. The Morgan fingerprint density at radius 2 is 1.80 bits per heavy atom. The third-order valence-electron chi connectivity index (χ3n) is 3.98. The molecular weight excluding hydrogens is 186 g/mol. The molecule has 1 N–H and O–H groups in total. The average Bonchev–Trinajstić information content (AvgIpc) is 2.29. The minimum Gasteiger partial charge on any atom is -0.316 e. The Kier molecular flexibility index (Phi) is 3.79. The zero-order valence-corrected chi connectivity index (χ0v) is 9.80. The first-order valence-electron chi connectivity index (χ1n) is 6.52. The number of carbonyl (C=O) groups excluding carboxylic acids is 1. The molecule has 0 bridgehead atoms. The summed E-state index contributed by atoms with van der Waals surface area (Å²) in [6, 6.07) is 0. The molecule has 0 radical (unpaired) electrons. The molecule has 2 heteroatoms. The first kappa shape index (κ1) is 11.1. The molecule has 0 amide bonds. The maximum absolute atomic E-state index is 12.3. The zero-order valence-electron chi connectivity index (χ0n) is 9.80. The molecule has 2 rings (SSSR count). The fraction of sp³-hybridized carbons (Fsp3) is 0.923. The molecule has 1 saturated heterocycles. The van der Waals surface area contributed by atoms with Gasteiger partial charge in [0.15, 0.2) is 0 Å². The van der Waals surface area contributed by atoms with Crippen LogP contribution in [0.15, 0.2) is 0 Å². The summed E-state index contributed by atoms with van der Waals surface area (Å²) in [5.41, 5.74) is 0. The van der Waals surface area contributed by atoms with Crippen LogP contribution in [0.5, 0.6) is 0 Å². The van der Waals surface area contributed by atoms with E-state index in [1.165, 1.54) is 19.3 Å². The Morgan fingerprint density at radius 3 is 2.47 bits per heavy atom. The molecule has 15 heavy (non-hydrogen) atoms. The van der Waals surface area contributed by atoms with Crippen molar-refractivity contribution in [3.8, 4) is 0 Å². The molecule has 2 atom stereocenters. The molecule has 0 spiro atoms. The van der Waals surface area contributed by atoms with Gasteiger partial charge < -0.3 is 5.32 Å². The van der Waals surface area contributed by atoms with Gasteiger partial charge in [0, 0.05) is 18.4 Å². The van der Waals surface area contributed by atoms with E-state index in [-0.39, 0.29) is 0 Å². The highest BCUT2D eigenvalue weighted by atomic mass is 16.1. The second-order valence-electron chi connectivity index (χ2n) is 5.43. The maximum Gasteiger partial charge on any atom is 0.140 e. The summed E-state index contributed by atoms with van der Waals surface area (Å²) in [4.78, 5) is 12.3. The fourth-order valence-electron chi connectivity index (χ4n) is 3.09. The topological polar surface area (TPSA) is 29.1 Å². The van der Waals surface area contributed by atoms with Crippen LogP contribution in [-0.2, 0) is 4.79 Å². The number of piperidine rings is 1. The third-order valence-corrected chi connectivity index (χ3v) is 3.98. The van der Waals surface area contributed by atoms with E-state index < -0.39 is 0 Å². The third kappa shape index (κ3) is 2.81. The van der Waals surface area contributed by atoms with Crippen LogP contribution in [-0.4, -0.2) is 18.9 Å². The predicted molar refractivity (Wildman–Crippen MR) is 61.7 cm³/mol. The van der Waals surface area contributed by atoms with Gasteiger partial charge in [0.05, 0.1) is 0 Å². The van der Waals surface area contributed by atoms with E-state index in [2.05, 4.69) is 12.2 Å². The van der Waals surface area contributed by atoms with E-state index in [1.807, 2.05) is 0 Å². The molecule has 0 aromatic heterocycles. The average molecular weight is 209 g/mol. The van der Waals surface area contributed by atoms with Crippen molar-refractivity contribution in [2.45, 2.75) is 45.4 Å². The van der Waals surface area contributed by atoms with Crippen molar-refractivity contribution in [1.82, 2.24) is 5.32 Å². The Morgan fingerprint density at radius 1 is 1.07 bits per heavy atom. The molecule has 1 aliphatic heterocycles. The van der Waals surface area contributed by atoms with E-state index in [1.54, 1.807) is 0 Å². The number of ketones is 1. The van der Waals surface area contributed by atoms with Crippen LogP contribution in [0.4, 0.5) is 0 Å². The van der Waals surface area contributed by atoms with Crippen molar-refractivity contribution < 1.29 is 4.79 Å². The highest BCUT2D eigenvalue weighted by Gasteiger charge is 2.30. The maximum atomic E-state index is 12.3. The lowest BCUT2D eigenvalue weighted by molar-refractivity contribution is -0.128. The Balaban J connectivity index is 1.88. The number of hydrogen-bond acceptors (Lipinski definition) is 2. The van der Waals surface area contributed by atoms with Crippen molar-refractivity contribution in [2.24, 2.45) is 17.8 Å². The number of hydrogen-bond donors (Lipinski definition) is 1. The molecule has 2 aliphatic rings. The molecular formula is C13H23NO. The van der Waals surface area contributed by atoms with E-state index >= 15 is 0 Å². The van der Waals surface area contributed by atoms with Crippen molar-refractivity contribution in [3.63, 3.8) is 0 Å². The largest absolute Gasteiger partial charge is 0.316 e. The minimum atomic E-state index is 0.317. The van der Waals surface area contributed by atoms with Gasteiger partial charge >= 0.3 is 0 Å². The molecule has 0 aromatic rings. The summed E-state index contributed by atoms with van der Waals surface area (Å²) in [5.74, 6) is 1.96. The van der Waals surface area contributed by atoms with Crippen LogP contribution < -0.4 is 5.32 Å². The second kappa shape index (κ2) is 5.11. The summed E-state index contributed by atoms with van der Waals surface area (Å²) < 4.78 is 0. The SMILES string of the molecule is CC1CNCC(C(=O)C2CCCCC2)C1. The van der Waals surface area contributed by atoms with Crippen molar-refractivity contribution in [2.75, 3.05) is 13.1 Å². The summed E-state index contributed by atoms with van der Waals surface area (Å²) >= 11 is 0. The molecule has 0 aromatic carbocycles. The van der Waals surface area contributed by atoms with Crippen LogP contribution in [0.1, 0.15) is 45.4 Å². The van der Waals surface area contributed by atoms with Crippen molar-refractivity contribution in [3.05, 3.63) is 0 Å². The number of carbonyl (C=O) groups is 1.